The molecule has 0 unspecified atom stereocenters. The summed E-state index contributed by atoms with van der Waals surface area (Å²) in [5.41, 5.74) is 6.59. The number of rotatable bonds is 13. The number of hydrogen-bond donors (Lipinski definition) is 4. The maximum Gasteiger partial charge on any atom is 0.305 e. The molecular weight excluding hydrogens is 741 g/mol. The molecule has 0 aliphatic carbocycles. The van der Waals surface area contributed by atoms with Gasteiger partial charge in [-0.2, -0.15) is 5.10 Å². The van der Waals surface area contributed by atoms with Gasteiger partial charge < -0.3 is 25.6 Å². The highest BCUT2D eigenvalue weighted by atomic mass is 32.1. The molecule has 6 rings (SSSR count). The standard InChI is InChI=1S/C21H20N2O4S.C19H20N4O3S/c1-13-5-3-4-6-16(13)17(11-19(24)25)22-20(26)18-12-28-21(23-18)14-7-9-15(27-2)10-8-14;1-11-6-4-5-7-14(11)15(9-17(24)25)20-18(26)16-10-27-19(21-16)23-13(3)8-12(2)22-23/h3-10,12,17H,11H2,1-2H3,(H,22,26)(H,24,25);4-8,10,15H,9H2,1-3H3,(H,20,26)(H,24,25)/t17-;15-/m00/s1. The summed E-state index contributed by atoms with van der Waals surface area (Å²) in [6, 6.07) is 22.9. The number of amides is 2. The molecule has 2 amide bonds. The quantitative estimate of drug-likeness (QED) is 0.0929. The number of aliphatic carboxylic acids is 2. The van der Waals surface area contributed by atoms with Gasteiger partial charge in [-0.15, -0.1) is 22.7 Å². The smallest absolute Gasteiger partial charge is 0.305 e. The van der Waals surface area contributed by atoms with E-state index >= 15 is 0 Å². The van der Waals surface area contributed by atoms with Crippen LogP contribution in [-0.2, 0) is 9.59 Å². The number of methoxy groups -OCH3 is 1. The van der Waals surface area contributed by atoms with Crippen LogP contribution in [0.1, 0.15) is 79.5 Å². The van der Waals surface area contributed by atoms with Crippen molar-refractivity contribution in [3.05, 3.63) is 135 Å². The van der Waals surface area contributed by atoms with E-state index < -0.39 is 35.8 Å². The van der Waals surface area contributed by atoms with Crippen molar-refractivity contribution in [1.82, 2.24) is 30.4 Å². The minimum absolute atomic E-state index is 0.202. The Hall–Kier alpha value is -6.19. The van der Waals surface area contributed by atoms with Gasteiger partial charge in [-0.3, -0.25) is 19.2 Å². The number of carboxylic acids is 2. The van der Waals surface area contributed by atoms with Crippen molar-refractivity contribution < 1.29 is 34.1 Å². The number of hydrogen-bond acceptors (Lipinski definition) is 10. The third-order valence-electron chi connectivity index (χ3n) is 8.49. The number of benzene rings is 3. The lowest BCUT2D eigenvalue weighted by atomic mass is 9.98. The summed E-state index contributed by atoms with van der Waals surface area (Å²) in [6.07, 6.45) is -0.406. The van der Waals surface area contributed by atoms with Crippen molar-refractivity contribution in [3.8, 4) is 21.5 Å². The first-order valence-corrected chi connectivity index (χ1v) is 18.8. The number of carboxylic acid groups (broad SMARTS) is 2. The van der Waals surface area contributed by atoms with Gasteiger partial charge in [0.15, 0.2) is 0 Å². The maximum absolute atomic E-state index is 12.7. The van der Waals surface area contributed by atoms with Crippen molar-refractivity contribution in [1.29, 1.82) is 0 Å². The molecule has 13 nitrogen and oxygen atoms in total. The Labute approximate surface area is 325 Å². The number of carbonyl (C=O) groups excluding carboxylic acids is 2. The highest BCUT2D eigenvalue weighted by molar-refractivity contribution is 7.13. The molecule has 0 spiro atoms. The molecule has 0 radical (unpaired) electrons. The van der Waals surface area contributed by atoms with Crippen molar-refractivity contribution in [2.75, 3.05) is 7.11 Å². The number of ether oxygens (including phenoxy) is 1. The number of nitrogens with one attached hydrogen (secondary N) is 2. The van der Waals surface area contributed by atoms with Crippen LogP contribution in [0.5, 0.6) is 5.75 Å². The van der Waals surface area contributed by atoms with Crippen molar-refractivity contribution >= 4 is 46.4 Å². The van der Waals surface area contributed by atoms with E-state index in [9.17, 15) is 29.4 Å². The third-order valence-corrected chi connectivity index (χ3v) is 10.2. The second kappa shape index (κ2) is 18.2. The van der Waals surface area contributed by atoms with E-state index in [0.717, 1.165) is 45.0 Å². The molecule has 0 aliphatic rings. The fraction of sp³-hybridized carbons (Fsp3) is 0.225. The van der Waals surface area contributed by atoms with E-state index in [4.69, 9.17) is 4.74 Å². The van der Waals surface area contributed by atoms with E-state index in [1.807, 2.05) is 107 Å². The highest BCUT2D eigenvalue weighted by Gasteiger charge is 2.24. The van der Waals surface area contributed by atoms with Gasteiger partial charge in [0.2, 0.25) is 5.13 Å². The molecular formula is C40H40N6O7S2. The van der Waals surface area contributed by atoms with Crippen molar-refractivity contribution in [2.45, 2.75) is 52.6 Å². The molecule has 55 heavy (non-hydrogen) atoms. The highest BCUT2D eigenvalue weighted by Crippen LogP contribution is 2.27. The number of carbonyl (C=O) groups is 4. The predicted octanol–water partition coefficient (Wildman–Crippen LogP) is 7.27. The molecule has 0 saturated heterocycles. The molecule has 6 aromatic rings. The van der Waals surface area contributed by atoms with Gasteiger partial charge >= 0.3 is 11.9 Å². The van der Waals surface area contributed by atoms with Crippen LogP contribution in [0, 0.1) is 27.7 Å². The van der Waals surface area contributed by atoms with Crippen LogP contribution < -0.4 is 15.4 Å². The van der Waals surface area contributed by atoms with E-state index in [1.54, 1.807) is 22.6 Å². The fourth-order valence-corrected chi connectivity index (χ4v) is 7.40. The van der Waals surface area contributed by atoms with E-state index in [0.29, 0.717) is 10.1 Å². The van der Waals surface area contributed by atoms with Gasteiger partial charge in [0.05, 0.1) is 37.7 Å². The summed E-state index contributed by atoms with van der Waals surface area (Å²) in [5.74, 6) is -2.03. The number of nitrogens with zero attached hydrogens (tertiary/aromatic N) is 4. The van der Waals surface area contributed by atoms with E-state index in [2.05, 4.69) is 25.7 Å². The second-order valence-electron chi connectivity index (χ2n) is 12.6. The Morgan fingerprint density at radius 1 is 0.727 bits per heavy atom. The van der Waals surface area contributed by atoms with E-state index in [-0.39, 0.29) is 24.2 Å². The minimum Gasteiger partial charge on any atom is -0.497 e. The largest absolute Gasteiger partial charge is 0.497 e. The monoisotopic (exact) mass is 780 g/mol. The average molecular weight is 781 g/mol. The maximum atomic E-state index is 12.7. The van der Waals surface area contributed by atoms with Crippen LogP contribution in [0.25, 0.3) is 15.7 Å². The molecule has 0 aliphatic heterocycles. The van der Waals surface area contributed by atoms with Gasteiger partial charge in [0, 0.05) is 22.0 Å². The normalized spacial score (nSPS) is 11.8. The molecule has 3 aromatic heterocycles. The number of thiazole rings is 2. The topological polar surface area (TPSA) is 186 Å². The van der Waals surface area contributed by atoms with Crippen LogP contribution in [0.2, 0.25) is 0 Å². The van der Waals surface area contributed by atoms with Crippen LogP contribution >= 0.6 is 22.7 Å². The number of aromatic nitrogens is 4. The first-order valence-electron chi connectivity index (χ1n) is 17.1. The van der Waals surface area contributed by atoms with E-state index in [1.165, 1.54) is 22.7 Å². The lowest BCUT2D eigenvalue weighted by Gasteiger charge is -2.18. The Morgan fingerprint density at radius 2 is 1.24 bits per heavy atom. The van der Waals surface area contributed by atoms with Crippen LogP contribution in [0.4, 0.5) is 0 Å². The summed E-state index contributed by atoms with van der Waals surface area (Å²) < 4.78 is 6.83. The lowest BCUT2D eigenvalue weighted by Crippen LogP contribution is -2.31. The molecule has 3 heterocycles. The molecule has 0 saturated carbocycles. The second-order valence-corrected chi connectivity index (χ2v) is 14.3. The van der Waals surface area contributed by atoms with Crippen LogP contribution in [-0.4, -0.2) is 60.8 Å². The Bertz CT molecular complexity index is 2300. The van der Waals surface area contributed by atoms with Gasteiger partial charge in [0.25, 0.3) is 11.8 Å². The molecule has 15 heteroatoms. The van der Waals surface area contributed by atoms with Gasteiger partial charge in [-0.05, 0) is 80.3 Å². The average Bonchev–Trinajstić information content (AvgIpc) is 3.92. The molecule has 0 fully saturated rings. The third kappa shape index (κ3) is 10.5. The van der Waals surface area contributed by atoms with Crippen LogP contribution in [0.15, 0.2) is 89.6 Å². The molecule has 4 N–H and O–H groups in total. The summed E-state index contributed by atoms with van der Waals surface area (Å²) in [4.78, 5) is 56.7. The van der Waals surface area contributed by atoms with Gasteiger partial charge in [-0.25, -0.2) is 14.6 Å². The SMILES string of the molecule is COc1ccc(-c2nc(C(=O)N[C@@H](CC(=O)O)c3ccccc3C)cs2)cc1.Cc1cc(C)n(-c2nc(C(=O)N[C@@H](CC(=O)O)c3ccccc3C)cs2)n1. The first kappa shape index (κ1) is 40.0. The summed E-state index contributed by atoms with van der Waals surface area (Å²) in [5, 5.41) is 33.1. The first-order chi connectivity index (χ1) is 26.3. The summed E-state index contributed by atoms with van der Waals surface area (Å²) in [6.45, 7) is 7.59. The predicted molar refractivity (Wildman–Crippen MR) is 210 cm³/mol. The van der Waals surface area contributed by atoms with Crippen LogP contribution in [0.3, 0.4) is 0 Å². The van der Waals surface area contributed by atoms with Gasteiger partial charge in [-0.1, -0.05) is 48.5 Å². The zero-order valence-electron chi connectivity index (χ0n) is 30.8. The molecule has 284 valence electrons. The lowest BCUT2D eigenvalue weighted by molar-refractivity contribution is -0.138. The molecule has 2 atom stereocenters. The zero-order valence-corrected chi connectivity index (χ0v) is 32.4. The number of aryl methyl sites for hydroxylation is 4. The van der Waals surface area contributed by atoms with Crippen molar-refractivity contribution in [3.63, 3.8) is 0 Å². The minimum atomic E-state index is -0.981. The molecule has 0 bridgehead atoms. The Kier molecular flexibility index (Phi) is 13.3. The summed E-state index contributed by atoms with van der Waals surface area (Å²) in [7, 11) is 1.60. The zero-order chi connectivity index (χ0) is 39.6. The van der Waals surface area contributed by atoms with Gasteiger partial charge in [0.1, 0.15) is 22.1 Å². The molecule has 3 aromatic carbocycles. The Balaban J connectivity index is 0.000000211. The van der Waals surface area contributed by atoms with Crippen molar-refractivity contribution in [2.24, 2.45) is 0 Å². The summed E-state index contributed by atoms with van der Waals surface area (Å²) >= 11 is 2.67. The fourth-order valence-electron chi connectivity index (χ4n) is 5.78. The Morgan fingerprint density at radius 3 is 1.71 bits per heavy atom.